The maximum absolute atomic E-state index is 11.7. The van der Waals surface area contributed by atoms with Gasteiger partial charge in [0.05, 0.1) is 6.61 Å². The Labute approximate surface area is 106 Å². The largest absolute Gasteiger partial charge is 0.463 e. The number of hydrogen-bond acceptors (Lipinski definition) is 2. The number of carbonyl (C=O) groups is 1. The van der Waals surface area contributed by atoms with Crippen LogP contribution in [0, 0.1) is 0 Å². The lowest BCUT2D eigenvalue weighted by Crippen LogP contribution is -2.26. The van der Waals surface area contributed by atoms with E-state index in [-0.39, 0.29) is 0 Å². The second-order valence-electron chi connectivity index (χ2n) is 3.43. The van der Waals surface area contributed by atoms with Crippen molar-refractivity contribution in [3.8, 4) is 0 Å². The summed E-state index contributed by atoms with van der Waals surface area (Å²) < 4.78 is 3.38. The summed E-state index contributed by atoms with van der Waals surface area (Å²) in [5, 5.41) is 0. The zero-order valence-electron chi connectivity index (χ0n) is 9.08. The van der Waals surface area contributed by atoms with Gasteiger partial charge in [-0.25, -0.2) is 4.79 Å². The van der Waals surface area contributed by atoms with E-state index in [0.29, 0.717) is 12.2 Å². The predicted octanol–water partition coefficient (Wildman–Crippen LogP) is 3.66. The lowest BCUT2D eigenvalue weighted by Gasteiger charge is -2.18. The van der Waals surface area contributed by atoms with Gasteiger partial charge >= 0.3 is 5.97 Å². The predicted molar refractivity (Wildman–Crippen MR) is 65.7 cm³/mol. The number of unbranched alkanes of at least 4 members (excludes halogenated alkanes) is 1. The van der Waals surface area contributed by atoms with E-state index in [1.807, 2.05) is 13.0 Å². The minimum absolute atomic E-state index is 0.351. The number of rotatable bonds is 5. The molecule has 0 N–H and O–H groups in total. The van der Waals surface area contributed by atoms with E-state index in [9.17, 15) is 4.79 Å². The van der Waals surface area contributed by atoms with Crippen LogP contribution in [0.3, 0.4) is 0 Å². The van der Waals surface area contributed by atoms with Crippen molar-refractivity contribution in [1.82, 2.24) is 0 Å². The summed E-state index contributed by atoms with van der Waals surface area (Å²) in [5.74, 6) is -0.615. The first-order chi connectivity index (χ1) is 7.59. The highest BCUT2D eigenvalue weighted by Gasteiger charge is 2.37. The molecule has 0 spiro atoms. The lowest BCUT2D eigenvalue weighted by atomic mass is 10.1. The Morgan fingerprint density at radius 3 is 2.50 bits per heavy atom. The molecule has 88 valence electrons. The number of ether oxygens (including phenoxy) is 1. The van der Waals surface area contributed by atoms with Crippen LogP contribution in [0.15, 0.2) is 30.3 Å². The lowest BCUT2D eigenvalue weighted by molar-refractivity contribution is -0.144. The van der Waals surface area contributed by atoms with Gasteiger partial charge in [0, 0.05) is 0 Å². The Bertz CT molecular complexity index is 336. The number of halogens is 2. The van der Waals surface area contributed by atoms with Crippen LogP contribution in [0.4, 0.5) is 0 Å². The molecular formula is C12H14Cl2O2. The smallest absolute Gasteiger partial charge is 0.347 e. The molecule has 0 radical (unpaired) electrons. The molecule has 0 saturated carbocycles. The number of alkyl halides is 2. The zero-order valence-corrected chi connectivity index (χ0v) is 10.6. The highest BCUT2D eigenvalue weighted by molar-refractivity contribution is 6.56. The molecule has 0 aliphatic rings. The fraction of sp³-hybridized carbons (Fsp3) is 0.417. The maximum atomic E-state index is 11.7. The number of carbonyl (C=O) groups excluding carboxylic acids is 1. The van der Waals surface area contributed by atoms with Gasteiger partial charge in [0.1, 0.15) is 0 Å². The second kappa shape index (κ2) is 6.12. The molecule has 0 aromatic heterocycles. The van der Waals surface area contributed by atoms with Gasteiger partial charge in [-0.1, -0.05) is 66.9 Å². The minimum Gasteiger partial charge on any atom is -0.463 e. The summed E-state index contributed by atoms with van der Waals surface area (Å²) in [7, 11) is 0. The standard InChI is InChI=1S/C12H14Cl2O2/c1-2-3-9-16-11(15)12(13,14)10-7-5-4-6-8-10/h4-8H,2-3,9H2,1H3. The zero-order chi connectivity index (χ0) is 12.0. The minimum atomic E-state index is -1.62. The Hall–Kier alpha value is -0.730. The summed E-state index contributed by atoms with van der Waals surface area (Å²) in [6, 6.07) is 8.76. The molecule has 0 fully saturated rings. The first-order valence-corrected chi connectivity index (χ1v) is 5.95. The molecule has 4 heteroatoms. The highest BCUT2D eigenvalue weighted by atomic mass is 35.5. The molecule has 0 atom stereocenters. The monoisotopic (exact) mass is 260 g/mol. The summed E-state index contributed by atoms with van der Waals surface area (Å²) in [4.78, 5) is 11.7. The molecule has 1 aromatic rings. The fourth-order valence-corrected chi connectivity index (χ4v) is 1.53. The van der Waals surface area contributed by atoms with Gasteiger partial charge < -0.3 is 4.74 Å². The average Bonchev–Trinajstić information content (AvgIpc) is 2.30. The van der Waals surface area contributed by atoms with Crippen LogP contribution >= 0.6 is 23.2 Å². The third kappa shape index (κ3) is 3.39. The van der Waals surface area contributed by atoms with Crippen LogP contribution in [-0.2, 0) is 13.9 Å². The van der Waals surface area contributed by atoms with Crippen molar-refractivity contribution in [3.63, 3.8) is 0 Å². The quantitative estimate of drug-likeness (QED) is 0.459. The third-order valence-corrected chi connectivity index (χ3v) is 2.87. The Morgan fingerprint density at radius 1 is 1.31 bits per heavy atom. The summed E-state index contributed by atoms with van der Waals surface area (Å²) >= 11 is 12.0. The Morgan fingerprint density at radius 2 is 1.94 bits per heavy atom. The maximum Gasteiger partial charge on any atom is 0.347 e. The summed E-state index contributed by atoms with van der Waals surface area (Å²) in [5.41, 5.74) is 0.528. The van der Waals surface area contributed by atoms with Crippen molar-refractivity contribution in [2.24, 2.45) is 0 Å². The number of esters is 1. The molecule has 0 amide bonds. The summed E-state index contributed by atoms with van der Waals surface area (Å²) in [6.45, 7) is 2.36. The van der Waals surface area contributed by atoms with Crippen molar-refractivity contribution >= 4 is 29.2 Å². The van der Waals surface area contributed by atoms with Crippen molar-refractivity contribution in [3.05, 3.63) is 35.9 Å². The van der Waals surface area contributed by atoms with Crippen molar-refractivity contribution in [1.29, 1.82) is 0 Å². The third-order valence-electron chi connectivity index (χ3n) is 2.12. The van der Waals surface area contributed by atoms with E-state index < -0.39 is 10.3 Å². The number of benzene rings is 1. The van der Waals surface area contributed by atoms with Crippen LogP contribution in [0.2, 0.25) is 0 Å². The first-order valence-electron chi connectivity index (χ1n) is 5.19. The molecule has 1 aromatic carbocycles. The molecule has 0 bridgehead atoms. The van der Waals surface area contributed by atoms with Gasteiger partial charge in [0.25, 0.3) is 0 Å². The van der Waals surface area contributed by atoms with Crippen molar-refractivity contribution < 1.29 is 9.53 Å². The van der Waals surface area contributed by atoms with Gasteiger partial charge in [0.2, 0.25) is 4.33 Å². The van der Waals surface area contributed by atoms with E-state index in [1.165, 1.54) is 0 Å². The molecule has 0 unspecified atom stereocenters. The molecule has 16 heavy (non-hydrogen) atoms. The van der Waals surface area contributed by atoms with Gasteiger partial charge in [0.15, 0.2) is 0 Å². The van der Waals surface area contributed by atoms with Crippen LogP contribution in [-0.4, -0.2) is 12.6 Å². The topological polar surface area (TPSA) is 26.3 Å². The van der Waals surface area contributed by atoms with Crippen molar-refractivity contribution in [2.45, 2.75) is 24.1 Å². The average molecular weight is 261 g/mol. The molecule has 0 saturated heterocycles. The van der Waals surface area contributed by atoms with Crippen LogP contribution in [0.5, 0.6) is 0 Å². The molecule has 2 nitrogen and oxygen atoms in total. The summed E-state index contributed by atoms with van der Waals surface area (Å²) in [6.07, 6.45) is 1.76. The molecule has 0 heterocycles. The van der Waals surface area contributed by atoms with Crippen molar-refractivity contribution in [2.75, 3.05) is 6.61 Å². The van der Waals surface area contributed by atoms with E-state index in [2.05, 4.69) is 0 Å². The molecule has 0 aliphatic heterocycles. The second-order valence-corrected chi connectivity index (χ2v) is 4.76. The van der Waals surface area contributed by atoms with Gasteiger partial charge in [-0.3, -0.25) is 0 Å². The molecule has 0 aliphatic carbocycles. The van der Waals surface area contributed by atoms with E-state index in [1.54, 1.807) is 24.3 Å². The van der Waals surface area contributed by atoms with Gasteiger partial charge in [-0.05, 0) is 12.0 Å². The van der Waals surface area contributed by atoms with Crippen LogP contribution in [0.1, 0.15) is 25.3 Å². The van der Waals surface area contributed by atoms with E-state index in [4.69, 9.17) is 27.9 Å². The first kappa shape index (κ1) is 13.3. The number of hydrogen-bond donors (Lipinski definition) is 0. The van der Waals surface area contributed by atoms with Crippen LogP contribution in [0.25, 0.3) is 0 Å². The SMILES string of the molecule is CCCCOC(=O)C(Cl)(Cl)c1ccccc1. The van der Waals surface area contributed by atoms with E-state index >= 15 is 0 Å². The van der Waals surface area contributed by atoms with Gasteiger partial charge in [-0.15, -0.1) is 0 Å². The molecule has 1 rings (SSSR count). The Kier molecular flexibility index (Phi) is 5.10. The van der Waals surface area contributed by atoms with Gasteiger partial charge in [-0.2, -0.15) is 0 Å². The van der Waals surface area contributed by atoms with E-state index in [0.717, 1.165) is 12.8 Å². The normalized spacial score (nSPS) is 11.2. The Balaban J connectivity index is 2.66. The fourth-order valence-electron chi connectivity index (χ4n) is 1.17. The van der Waals surface area contributed by atoms with Crippen LogP contribution < -0.4 is 0 Å². The molecular weight excluding hydrogens is 247 g/mol. The highest BCUT2D eigenvalue weighted by Crippen LogP contribution is 2.35.